The van der Waals surface area contributed by atoms with Crippen LogP contribution in [0.2, 0.25) is 0 Å². The highest BCUT2D eigenvalue weighted by Gasteiger charge is 2.34. The van der Waals surface area contributed by atoms with Crippen molar-refractivity contribution in [2.24, 2.45) is 0 Å². The van der Waals surface area contributed by atoms with Crippen molar-refractivity contribution in [3.63, 3.8) is 0 Å². The van der Waals surface area contributed by atoms with Crippen LogP contribution in [0.25, 0.3) is 0 Å². The highest BCUT2D eigenvalue weighted by Crippen LogP contribution is 2.25. The summed E-state index contributed by atoms with van der Waals surface area (Å²) in [6, 6.07) is 6.70. The number of rotatable bonds is 6. The van der Waals surface area contributed by atoms with Gasteiger partial charge in [0, 0.05) is 31.7 Å². The summed E-state index contributed by atoms with van der Waals surface area (Å²) in [6.45, 7) is 8.49. The minimum atomic E-state index is -3.52. The summed E-state index contributed by atoms with van der Waals surface area (Å²) in [7, 11) is -3.52. The van der Waals surface area contributed by atoms with Crippen LogP contribution in [0.3, 0.4) is 0 Å². The number of sulfonamides is 1. The molecule has 6 nitrogen and oxygen atoms in total. The number of hydrogen-bond acceptors (Lipinski definition) is 4. The number of hydrogen-bond donors (Lipinski definition) is 1. The van der Waals surface area contributed by atoms with E-state index in [-0.39, 0.29) is 16.8 Å². The molecule has 0 aromatic heterocycles. The smallest absolute Gasteiger partial charge is 0.243 e. The van der Waals surface area contributed by atoms with Crippen LogP contribution in [-0.2, 0) is 14.8 Å². The lowest BCUT2D eigenvalue weighted by molar-refractivity contribution is -0.114. The summed E-state index contributed by atoms with van der Waals surface area (Å²) in [5.41, 5.74) is 0.498. The van der Waals surface area contributed by atoms with Gasteiger partial charge >= 0.3 is 0 Å². The molecule has 0 bridgehead atoms. The van der Waals surface area contributed by atoms with Crippen LogP contribution in [-0.4, -0.2) is 55.8 Å². The van der Waals surface area contributed by atoms with Crippen LogP contribution in [0, 0.1) is 0 Å². The number of nitrogens with one attached hydrogen (secondary N) is 1. The Morgan fingerprint density at radius 3 is 2.65 bits per heavy atom. The van der Waals surface area contributed by atoms with Gasteiger partial charge in [-0.1, -0.05) is 19.9 Å². The molecule has 0 saturated carbocycles. The lowest BCUT2D eigenvalue weighted by atomic mass is 10.2. The molecular formula is C16H25N3O3S. The third-order valence-corrected chi connectivity index (χ3v) is 6.11. The summed E-state index contributed by atoms with van der Waals surface area (Å²) in [5.74, 6) is -0.220. The number of carbonyl (C=O) groups is 1. The van der Waals surface area contributed by atoms with Crippen molar-refractivity contribution in [1.29, 1.82) is 0 Å². The molecule has 1 aromatic rings. The van der Waals surface area contributed by atoms with E-state index in [0.717, 1.165) is 19.5 Å². The monoisotopic (exact) mass is 339 g/mol. The zero-order valence-electron chi connectivity index (χ0n) is 13.9. The zero-order valence-corrected chi connectivity index (χ0v) is 14.8. The lowest BCUT2D eigenvalue weighted by Crippen LogP contribution is -2.38. The van der Waals surface area contributed by atoms with Crippen molar-refractivity contribution < 1.29 is 13.2 Å². The molecule has 23 heavy (non-hydrogen) atoms. The summed E-state index contributed by atoms with van der Waals surface area (Å²) < 4.78 is 27.2. The molecule has 1 heterocycles. The number of benzene rings is 1. The molecule has 1 atom stereocenters. The fourth-order valence-corrected chi connectivity index (χ4v) is 4.59. The Bertz CT molecular complexity index is 656. The van der Waals surface area contributed by atoms with Crippen molar-refractivity contribution in [2.45, 2.75) is 38.1 Å². The Morgan fingerprint density at radius 2 is 2.04 bits per heavy atom. The third kappa shape index (κ3) is 4.10. The number of nitrogens with zero attached hydrogens (tertiary/aromatic N) is 2. The van der Waals surface area contributed by atoms with Gasteiger partial charge in [0.05, 0.1) is 4.90 Å². The minimum absolute atomic E-state index is 0.220. The second kappa shape index (κ2) is 7.42. The van der Waals surface area contributed by atoms with Gasteiger partial charge in [-0.25, -0.2) is 8.42 Å². The van der Waals surface area contributed by atoms with Gasteiger partial charge in [0.25, 0.3) is 0 Å². The predicted molar refractivity (Wildman–Crippen MR) is 90.8 cm³/mol. The molecule has 1 aliphatic rings. The predicted octanol–water partition coefficient (Wildman–Crippen LogP) is 1.75. The number of anilines is 1. The molecule has 0 radical (unpaired) electrons. The normalized spacial score (nSPS) is 19.2. The maximum atomic E-state index is 12.8. The molecule has 1 fully saturated rings. The van der Waals surface area contributed by atoms with E-state index in [0.29, 0.717) is 18.8 Å². The SMILES string of the molecule is CCN(CC)C1CCN(S(=O)(=O)c2cccc(NC(C)=O)c2)C1. The number of likely N-dealkylation sites (N-methyl/N-ethyl adjacent to an activating group) is 1. The van der Waals surface area contributed by atoms with Gasteiger partial charge in [0.15, 0.2) is 0 Å². The van der Waals surface area contributed by atoms with Gasteiger partial charge in [-0.15, -0.1) is 0 Å². The summed E-state index contributed by atoms with van der Waals surface area (Å²) in [5, 5.41) is 2.62. The van der Waals surface area contributed by atoms with E-state index in [1.807, 2.05) is 0 Å². The van der Waals surface area contributed by atoms with Gasteiger partial charge in [-0.2, -0.15) is 4.31 Å². The quantitative estimate of drug-likeness (QED) is 0.857. The fourth-order valence-electron chi connectivity index (χ4n) is 3.05. The van der Waals surface area contributed by atoms with Crippen molar-refractivity contribution in [3.8, 4) is 0 Å². The fraction of sp³-hybridized carbons (Fsp3) is 0.562. The van der Waals surface area contributed by atoms with Gasteiger partial charge in [-0.05, 0) is 37.7 Å². The molecule has 2 rings (SSSR count). The second-order valence-corrected chi connectivity index (χ2v) is 7.67. The first-order valence-corrected chi connectivity index (χ1v) is 9.44. The topological polar surface area (TPSA) is 69.7 Å². The average Bonchev–Trinajstić information content (AvgIpc) is 2.99. The molecule has 7 heteroatoms. The van der Waals surface area contributed by atoms with Gasteiger partial charge in [-0.3, -0.25) is 9.69 Å². The molecule has 1 unspecified atom stereocenters. The Hall–Kier alpha value is -1.44. The van der Waals surface area contributed by atoms with Crippen LogP contribution in [0.5, 0.6) is 0 Å². The molecule has 0 spiro atoms. The Balaban J connectivity index is 2.18. The lowest BCUT2D eigenvalue weighted by Gasteiger charge is -2.26. The first-order valence-electron chi connectivity index (χ1n) is 8.00. The molecule has 1 amide bonds. The van der Waals surface area contributed by atoms with Crippen LogP contribution in [0.1, 0.15) is 27.2 Å². The maximum Gasteiger partial charge on any atom is 0.243 e. The standard InChI is InChI=1S/C16H25N3O3S/c1-4-18(5-2)15-9-10-19(12-15)23(21,22)16-8-6-7-14(11-16)17-13(3)20/h6-8,11,15H,4-5,9-10,12H2,1-3H3,(H,17,20). The van der Waals surface area contributed by atoms with E-state index in [1.165, 1.54) is 13.0 Å². The first kappa shape index (κ1) is 17.9. The van der Waals surface area contributed by atoms with Crippen molar-refractivity contribution in [3.05, 3.63) is 24.3 Å². The number of carbonyl (C=O) groups excluding carboxylic acids is 1. The summed E-state index contributed by atoms with van der Waals surface area (Å²) in [6.07, 6.45) is 0.853. The Kier molecular flexibility index (Phi) is 5.78. The molecule has 128 valence electrons. The highest BCUT2D eigenvalue weighted by molar-refractivity contribution is 7.89. The van der Waals surface area contributed by atoms with Gasteiger partial charge in [0.1, 0.15) is 0 Å². The Labute approximate surface area is 138 Å². The molecule has 1 aromatic carbocycles. The largest absolute Gasteiger partial charge is 0.326 e. The second-order valence-electron chi connectivity index (χ2n) is 5.74. The van der Waals surface area contributed by atoms with Crippen LogP contribution >= 0.6 is 0 Å². The first-order chi connectivity index (χ1) is 10.9. The van der Waals surface area contributed by atoms with Crippen LogP contribution in [0.15, 0.2) is 29.2 Å². The van der Waals surface area contributed by atoms with Gasteiger partial charge in [0.2, 0.25) is 15.9 Å². The summed E-state index contributed by atoms with van der Waals surface area (Å²) in [4.78, 5) is 13.7. The van der Waals surface area contributed by atoms with Crippen molar-refractivity contribution in [1.82, 2.24) is 9.21 Å². The van der Waals surface area contributed by atoms with E-state index in [9.17, 15) is 13.2 Å². The van der Waals surface area contributed by atoms with Crippen molar-refractivity contribution in [2.75, 3.05) is 31.5 Å². The minimum Gasteiger partial charge on any atom is -0.326 e. The molecule has 1 N–H and O–H groups in total. The van der Waals surface area contributed by atoms with E-state index >= 15 is 0 Å². The molecular weight excluding hydrogens is 314 g/mol. The summed E-state index contributed by atoms with van der Waals surface area (Å²) >= 11 is 0. The third-order valence-electron chi connectivity index (χ3n) is 4.25. The average molecular weight is 339 g/mol. The van der Waals surface area contributed by atoms with Crippen LogP contribution < -0.4 is 5.32 Å². The highest BCUT2D eigenvalue weighted by atomic mass is 32.2. The maximum absolute atomic E-state index is 12.8. The Morgan fingerprint density at radius 1 is 1.35 bits per heavy atom. The molecule has 1 saturated heterocycles. The van der Waals surface area contributed by atoms with Gasteiger partial charge < -0.3 is 5.32 Å². The van der Waals surface area contributed by atoms with E-state index < -0.39 is 10.0 Å². The zero-order chi connectivity index (χ0) is 17.0. The van der Waals surface area contributed by atoms with E-state index in [1.54, 1.807) is 22.5 Å². The number of amides is 1. The van der Waals surface area contributed by atoms with E-state index in [2.05, 4.69) is 24.1 Å². The van der Waals surface area contributed by atoms with Crippen LogP contribution in [0.4, 0.5) is 5.69 Å². The van der Waals surface area contributed by atoms with E-state index in [4.69, 9.17) is 0 Å². The van der Waals surface area contributed by atoms with Crippen molar-refractivity contribution >= 4 is 21.6 Å². The molecule has 0 aliphatic carbocycles. The molecule has 1 aliphatic heterocycles.